The van der Waals surface area contributed by atoms with Crippen molar-refractivity contribution in [2.24, 2.45) is 0 Å². The molecular formula is C11H16BrN3O3. The monoisotopic (exact) mass is 317 g/mol. The van der Waals surface area contributed by atoms with E-state index < -0.39 is 5.60 Å². The molecular weight excluding hydrogens is 302 g/mol. The first-order chi connectivity index (χ1) is 8.56. The van der Waals surface area contributed by atoms with E-state index in [1.54, 1.807) is 6.20 Å². The van der Waals surface area contributed by atoms with Crippen LogP contribution >= 0.6 is 15.9 Å². The van der Waals surface area contributed by atoms with E-state index in [9.17, 15) is 9.90 Å². The third-order valence-corrected chi connectivity index (χ3v) is 3.74. The number of aliphatic hydroxyl groups is 1. The van der Waals surface area contributed by atoms with Crippen LogP contribution in [0.15, 0.2) is 15.5 Å². The van der Waals surface area contributed by atoms with E-state index >= 15 is 0 Å². The fourth-order valence-electron chi connectivity index (χ4n) is 1.81. The molecule has 1 unspecified atom stereocenters. The summed E-state index contributed by atoms with van der Waals surface area (Å²) in [6, 6.07) is 0. The molecule has 1 aliphatic rings. The number of anilines is 1. The Bertz CT molecular complexity index is 483. The first-order valence-corrected chi connectivity index (χ1v) is 6.65. The zero-order valence-electron chi connectivity index (χ0n) is 10.1. The summed E-state index contributed by atoms with van der Waals surface area (Å²) < 4.78 is 6.95. The van der Waals surface area contributed by atoms with Gasteiger partial charge in [-0.15, -0.1) is 0 Å². The van der Waals surface area contributed by atoms with Crippen molar-refractivity contribution in [3.63, 3.8) is 0 Å². The van der Waals surface area contributed by atoms with Crippen molar-refractivity contribution in [3.05, 3.63) is 21.0 Å². The first-order valence-electron chi connectivity index (χ1n) is 5.85. The van der Waals surface area contributed by atoms with E-state index in [2.05, 4.69) is 26.3 Å². The quantitative estimate of drug-likeness (QED) is 0.850. The number of nitrogens with zero attached hydrogens (tertiary/aromatic N) is 2. The van der Waals surface area contributed by atoms with Crippen molar-refractivity contribution in [1.29, 1.82) is 0 Å². The molecule has 1 aromatic heterocycles. The lowest BCUT2D eigenvalue weighted by atomic mass is 10.0. The van der Waals surface area contributed by atoms with E-state index in [0.29, 0.717) is 42.9 Å². The predicted molar refractivity (Wildman–Crippen MR) is 70.7 cm³/mol. The smallest absolute Gasteiger partial charge is 0.283 e. The molecule has 18 heavy (non-hydrogen) atoms. The minimum absolute atomic E-state index is 0.183. The van der Waals surface area contributed by atoms with Crippen LogP contribution in [-0.4, -0.2) is 40.2 Å². The second-order valence-electron chi connectivity index (χ2n) is 4.37. The van der Waals surface area contributed by atoms with E-state index in [1.165, 1.54) is 4.68 Å². The summed E-state index contributed by atoms with van der Waals surface area (Å²) >= 11 is 3.25. The van der Waals surface area contributed by atoms with E-state index in [4.69, 9.17) is 4.74 Å². The molecule has 0 amide bonds. The molecule has 1 aromatic rings. The first kappa shape index (κ1) is 13.5. The van der Waals surface area contributed by atoms with Crippen molar-refractivity contribution < 1.29 is 9.84 Å². The Labute approximate surface area is 113 Å². The van der Waals surface area contributed by atoms with Gasteiger partial charge in [0.05, 0.1) is 18.5 Å². The molecule has 1 fully saturated rings. The minimum atomic E-state index is -0.862. The summed E-state index contributed by atoms with van der Waals surface area (Å²) in [6.07, 6.45) is 2.17. The second-order valence-corrected chi connectivity index (χ2v) is 5.17. The number of aryl methyl sites for hydroxylation is 1. The maximum atomic E-state index is 11.8. The third kappa shape index (κ3) is 2.73. The van der Waals surface area contributed by atoms with Crippen LogP contribution in [-0.2, 0) is 11.3 Å². The van der Waals surface area contributed by atoms with Gasteiger partial charge >= 0.3 is 0 Å². The fourth-order valence-corrected chi connectivity index (χ4v) is 2.26. The molecule has 100 valence electrons. The Morgan fingerprint density at radius 2 is 2.50 bits per heavy atom. The van der Waals surface area contributed by atoms with Gasteiger partial charge in [-0.2, -0.15) is 5.10 Å². The van der Waals surface area contributed by atoms with Gasteiger partial charge in [-0.05, 0) is 22.9 Å². The maximum absolute atomic E-state index is 11.8. The molecule has 1 aliphatic heterocycles. The van der Waals surface area contributed by atoms with Crippen LogP contribution in [0, 0.1) is 0 Å². The lowest BCUT2D eigenvalue weighted by Crippen LogP contribution is -2.37. The van der Waals surface area contributed by atoms with Crippen LogP contribution in [0.4, 0.5) is 5.69 Å². The molecule has 1 atom stereocenters. The van der Waals surface area contributed by atoms with Gasteiger partial charge in [0.25, 0.3) is 5.56 Å². The van der Waals surface area contributed by atoms with Crippen molar-refractivity contribution in [1.82, 2.24) is 9.78 Å². The summed E-state index contributed by atoms with van der Waals surface area (Å²) in [4.78, 5) is 11.8. The average molecular weight is 318 g/mol. The molecule has 0 radical (unpaired) electrons. The largest absolute Gasteiger partial charge is 0.386 e. The van der Waals surface area contributed by atoms with Crippen LogP contribution in [0.5, 0.6) is 0 Å². The zero-order valence-corrected chi connectivity index (χ0v) is 11.7. The average Bonchev–Trinajstić information content (AvgIpc) is 2.79. The lowest BCUT2D eigenvalue weighted by molar-refractivity contribution is 0.0382. The second kappa shape index (κ2) is 5.38. The number of nitrogens with one attached hydrogen (secondary N) is 1. The minimum Gasteiger partial charge on any atom is -0.386 e. The van der Waals surface area contributed by atoms with Gasteiger partial charge in [0.1, 0.15) is 10.1 Å². The number of aromatic nitrogens is 2. The van der Waals surface area contributed by atoms with Crippen LogP contribution in [0.25, 0.3) is 0 Å². The topological polar surface area (TPSA) is 76.4 Å². The summed E-state index contributed by atoms with van der Waals surface area (Å²) in [6.45, 7) is 3.59. The molecule has 0 spiro atoms. The Balaban J connectivity index is 2.10. The van der Waals surface area contributed by atoms with Crippen molar-refractivity contribution in [2.75, 3.05) is 25.1 Å². The predicted octanol–water partition coefficient (Wildman–Crippen LogP) is 0.589. The van der Waals surface area contributed by atoms with E-state index in [0.717, 1.165) is 0 Å². The highest BCUT2D eigenvalue weighted by Crippen LogP contribution is 2.21. The standard InChI is InChI=1S/C11H16BrN3O3/c1-2-15-10(16)9(12)8(5-14-15)13-6-11(17)3-4-18-7-11/h5,13,17H,2-4,6-7H2,1H3. The lowest BCUT2D eigenvalue weighted by Gasteiger charge is -2.21. The number of hydrogen-bond donors (Lipinski definition) is 2. The Morgan fingerprint density at radius 1 is 1.72 bits per heavy atom. The van der Waals surface area contributed by atoms with Gasteiger partial charge in [-0.1, -0.05) is 0 Å². The number of ether oxygens (including phenoxy) is 1. The third-order valence-electron chi connectivity index (χ3n) is 2.97. The highest BCUT2D eigenvalue weighted by Gasteiger charge is 2.32. The SMILES string of the molecule is CCn1ncc(NCC2(O)CCOC2)c(Br)c1=O. The number of rotatable bonds is 4. The molecule has 2 heterocycles. The molecule has 0 aromatic carbocycles. The Kier molecular flexibility index (Phi) is 4.04. The molecule has 0 aliphatic carbocycles. The summed E-state index contributed by atoms with van der Waals surface area (Å²) in [5.41, 5.74) is -0.457. The van der Waals surface area contributed by atoms with E-state index in [1.807, 2.05) is 6.92 Å². The van der Waals surface area contributed by atoms with Gasteiger partial charge in [0.15, 0.2) is 0 Å². The van der Waals surface area contributed by atoms with Crippen LogP contribution in [0.3, 0.4) is 0 Å². The molecule has 6 nitrogen and oxygen atoms in total. The van der Waals surface area contributed by atoms with Crippen molar-refractivity contribution in [3.8, 4) is 0 Å². The molecule has 1 saturated heterocycles. The summed E-state index contributed by atoms with van der Waals surface area (Å²) in [5.74, 6) is 0. The molecule has 0 bridgehead atoms. The van der Waals surface area contributed by atoms with E-state index in [-0.39, 0.29) is 5.56 Å². The van der Waals surface area contributed by atoms with Gasteiger partial charge in [-0.3, -0.25) is 4.79 Å². The molecule has 0 saturated carbocycles. The van der Waals surface area contributed by atoms with Crippen LogP contribution < -0.4 is 10.9 Å². The highest BCUT2D eigenvalue weighted by atomic mass is 79.9. The van der Waals surface area contributed by atoms with Gasteiger partial charge in [-0.25, -0.2) is 4.68 Å². The summed E-state index contributed by atoms with van der Waals surface area (Å²) in [5, 5.41) is 17.2. The number of halogens is 1. The fraction of sp³-hybridized carbons (Fsp3) is 0.636. The van der Waals surface area contributed by atoms with Crippen LogP contribution in [0.2, 0.25) is 0 Å². The summed E-state index contributed by atoms with van der Waals surface area (Å²) in [7, 11) is 0. The number of hydrogen-bond acceptors (Lipinski definition) is 5. The Hall–Kier alpha value is -0.920. The molecule has 2 N–H and O–H groups in total. The van der Waals surface area contributed by atoms with Crippen molar-refractivity contribution >= 4 is 21.6 Å². The van der Waals surface area contributed by atoms with Crippen molar-refractivity contribution in [2.45, 2.75) is 25.5 Å². The van der Waals surface area contributed by atoms with Gasteiger partial charge < -0.3 is 15.2 Å². The zero-order chi connectivity index (χ0) is 13.2. The van der Waals surface area contributed by atoms with Gasteiger partial charge in [0.2, 0.25) is 0 Å². The normalized spacial score (nSPS) is 23.3. The molecule has 2 rings (SSSR count). The van der Waals surface area contributed by atoms with Gasteiger partial charge in [0, 0.05) is 26.1 Å². The Morgan fingerprint density at radius 3 is 3.11 bits per heavy atom. The highest BCUT2D eigenvalue weighted by molar-refractivity contribution is 9.10. The maximum Gasteiger partial charge on any atom is 0.283 e. The molecule has 7 heteroatoms. The van der Waals surface area contributed by atoms with Crippen LogP contribution in [0.1, 0.15) is 13.3 Å².